The van der Waals surface area contributed by atoms with E-state index in [1.54, 1.807) is 0 Å². The van der Waals surface area contributed by atoms with E-state index in [0.29, 0.717) is 18.4 Å². The number of anilines is 1. The Labute approximate surface area is 126 Å². The molecule has 3 rings (SSSR count). The van der Waals surface area contributed by atoms with Crippen LogP contribution in [0.15, 0.2) is 12.1 Å². The van der Waals surface area contributed by atoms with E-state index in [2.05, 4.69) is 24.1 Å². The summed E-state index contributed by atoms with van der Waals surface area (Å²) in [5.41, 5.74) is 11.3. The summed E-state index contributed by atoms with van der Waals surface area (Å²) >= 11 is 0. The molecule has 0 saturated heterocycles. The minimum absolute atomic E-state index is 0.178. The Hall–Kier alpha value is -1.55. The van der Waals surface area contributed by atoms with Crippen LogP contribution in [0.3, 0.4) is 0 Å². The predicted molar refractivity (Wildman–Crippen MR) is 83.0 cm³/mol. The second kappa shape index (κ2) is 5.68. The maximum atomic E-state index is 10.9. The molecule has 1 fully saturated rings. The number of ether oxygens (including phenoxy) is 1. The zero-order valence-electron chi connectivity index (χ0n) is 12.9. The maximum Gasteiger partial charge on any atom is 0.302 e. The van der Waals surface area contributed by atoms with E-state index in [9.17, 15) is 4.79 Å². The van der Waals surface area contributed by atoms with Crippen LogP contribution in [-0.2, 0) is 22.5 Å². The molecule has 1 aromatic carbocycles. The highest BCUT2D eigenvalue weighted by Crippen LogP contribution is 2.44. The van der Waals surface area contributed by atoms with E-state index in [1.165, 1.54) is 23.6 Å². The average molecular weight is 288 g/mol. The first-order chi connectivity index (χ1) is 10.0. The number of fused-ring (bicyclic) bond motifs is 1. The van der Waals surface area contributed by atoms with Gasteiger partial charge in [0.2, 0.25) is 0 Å². The van der Waals surface area contributed by atoms with Gasteiger partial charge in [-0.25, -0.2) is 0 Å². The monoisotopic (exact) mass is 288 g/mol. The molecule has 1 aliphatic carbocycles. The summed E-state index contributed by atoms with van der Waals surface area (Å²) in [7, 11) is 2.16. The number of carbonyl (C=O) groups excluding carboxylic acids is 1. The van der Waals surface area contributed by atoms with Crippen molar-refractivity contribution in [3.8, 4) is 0 Å². The largest absolute Gasteiger partial charge is 0.466 e. The summed E-state index contributed by atoms with van der Waals surface area (Å²) in [4.78, 5) is 13.2. The van der Waals surface area contributed by atoms with Gasteiger partial charge in [-0.05, 0) is 67.0 Å². The Morgan fingerprint density at radius 3 is 2.90 bits per heavy atom. The molecule has 0 spiro atoms. The molecular weight excluding hydrogens is 264 g/mol. The van der Waals surface area contributed by atoms with Crippen LogP contribution in [0.1, 0.15) is 42.4 Å². The van der Waals surface area contributed by atoms with Gasteiger partial charge in [0.25, 0.3) is 0 Å². The molecular formula is C17H24N2O2. The van der Waals surface area contributed by atoms with E-state index in [-0.39, 0.29) is 5.97 Å². The van der Waals surface area contributed by atoms with E-state index in [1.807, 2.05) is 0 Å². The van der Waals surface area contributed by atoms with Crippen molar-refractivity contribution in [2.45, 2.75) is 38.6 Å². The normalized spacial score (nSPS) is 25.0. The molecule has 1 aromatic rings. The molecule has 0 atom stereocenters. The molecule has 0 radical (unpaired) electrons. The topological polar surface area (TPSA) is 55.6 Å². The lowest BCUT2D eigenvalue weighted by Crippen LogP contribution is -2.31. The number of hydrogen-bond acceptors (Lipinski definition) is 4. The van der Waals surface area contributed by atoms with Crippen LogP contribution >= 0.6 is 0 Å². The van der Waals surface area contributed by atoms with E-state index in [0.717, 1.165) is 38.0 Å². The van der Waals surface area contributed by atoms with Gasteiger partial charge in [-0.1, -0.05) is 0 Å². The van der Waals surface area contributed by atoms with Crippen molar-refractivity contribution >= 4 is 11.7 Å². The molecule has 0 unspecified atom stereocenters. The van der Waals surface area contributed by atoms with E-state index in [4.69, 9.17) is 10.5 Å². The molecule has 0 bridgehead atoms. The third-order valence-electron chi connectivity index (χ3n) is 4.78. The average Bonchev–Trinajstić information content (AvgIpc) is 2.35. The standard InChI is InChI=1S/C17H24N2O2/c1-11(20)21-10-12-5-13(6-12)17-8-15(18)7-14-9-19(2)4-3-16(14)17/h7-8,12-13H,3-6,9-10,18H2,1-2H3. The van der Waals surface area contributed by atoms with Gasteiger partial charge in [0.1, 0.15) is 0 Å². The summed E-state index contributed by atoms with van der Waals surface area (Å²) in [5.74, 6) is 0.927. The Morgan fingerprint density at radius 2 is 2.19 bits per heavy atom. The summed E-state index contributed by atoms with van der Waals surface area (Å²) in [5, 5.41) is 0. The van der Waals surface area contributed by atoms with Crippen LogP contribution < -0.4 is 5.73 Å². The molecule has 21 heavy (non-hydrogen) atoms. The fraction of sp³-hybridized carbons (Fsp3) is 0.588. The van der Waals surface area contributed by atoms with Crippen LogP contribution in [0, 0.1) is 5.92 Å². The van der Waals surface area contributed by atoms with E-state index >= 15 is 0 Å². The van der Waals surface area contributed by atoms with Crippen LogP contribution in [0.25, 0.3) is 0 Å². The summed E-state index contributed by atoms with van der Waals surface area (Å²) in [6.45, 7) is 4.16. The van der Waals surface area contributed by atoms with Crippen molar-refractivity contribution < 1.29 is 9.53 Å². The SMILES string of the molecule is CC(=O)OCC1CC(c2cc(N)cc3c2CCN(C)C3)C1. The van der Waals surface area contributed by atoms with Crippen molar-refractivity contribution in [3.63, 3.8) is 0 Å². The lowest BCUT2D eigenvalue weighted by atomic mass is 9.69. The Balaban J connectivity index is 1.71. The second-order valence-corrected chi connectivity index (χ2v) is 6.57. The number of rotatable bonds is 3. The van der Waals surface area contributed by atoms with Gasteiger partial charge in [-0.15, -0.1) is 0 Å². The first kappa shape index (κ1) is 14.4. The number of nitrogens with zero attached hydrogens (tertiary/aromatic N) is 1. The smallest absolute Gasteiger partial charge is 0.302 e. The molecule has 1 heterocycles. The Bertz CT molecular complexity index is 550. The fourth-order valence-corrected chi connectivity index (χ4v) is 3.63. The molecule has 1 saturated carbocycles. The van der Waals surface area contributed by atoms with Crippen LogP contribution in [-0.4, -0.2) is 31.1 Å². The number of carbonyl (C=O) groups is 1. The number of benzene rings is 1. The Kier molecular flexibility index (Phi) is 3.89. The van der Waals surface area contributed by atoms with Crippen molar-refractivity contribution in [2.24, 2.45) is 5.92 Å². The summed E-state index contributed by atoms with van der Waals surface area (Å²) < 4.78 is 5.11. The quantitative estimate of drug-likeness (QED) is 0.685. The zero-order chi connectivity index (χ0) is 15.0. The van der Waals surface area contributed by atoms with Crippen LogP contribution in [0.5, 0.6) is 0 Å². The predicted octanol–water partition coefficient (Wildman–Crippen LogP) is 2.31. The molecule has 114 valence electrons. The van der Waals surface area contributed by atoms with Gasteiger partial charge in [0.05, 0.1) is 6.61 Å². The lowest BCUT2D eigenvalue weighted by Gasteiger charge is -2.38. The Morgan fingerprint density at radius 1 is 1.43 bits per heavy atom. The maximum absolute atomic E-state index is 10.9. The van der Waals surface area contributed by atoms with E-state index < -0.39 is 0 Å². The van der Waals surface area contributed by atoms with Crippen LogP contribution in [0.4, 0.5) is 5.69 Å². The first-order valence-electron chi connectivity index (χ1n) is 7.76. The number of esters is 1. The molecule has 2 N–H and O–H groups in total. The van der Waals surface area contributed by atoms with Crippen LogP contribution in [0.2, 0.25) is 0 Å². The molecule has 0 amide bonds. The molecule has 0 aromatic heterocycles. The number of hydrogen-bond donors (Lipinski definition) is 1. The van der Waals surface area contributed by atoms with Gasteiger partial charge < -0.3 is 15.4 Å². The summed E-state index contributed by atoms with van der Waals surface area (Å²) in [6, 6.07) is 4.29. The molecule has 1 aliphatic heterocycles. The van der Waals surface area contributed by atoms with Gasteiger partial charge in [0, 0.05) is 25.7 Å². The third kappa shape index (κ3) is 3.05. The highest BCUT2D eigenvalue weighted by molar-refractivity contribution is 5.65. The van der Waals surface area contributed by atoms with Crippen molar-refractivity contribution in [2.75, 3.05) is 25.9 Å². The first-order valence-corrected chi connectivity index (χ1v) is 7.76. The molecule has 4 nitrogen and oxygen atoms in total. The summed E-state index contributed by atoms with van der Waals surface area (Å²) in [6.07, 6.45) is 3.34. The fourth-order valence-electron chi connectivity index (χ4n) is 3.63. The highest BCUT2D eigenvalue weighted by Gasteiger charge is 2.33. The molecule has 4 heteroatoms. The van der Waals surface area contributed by atoms with Crippen molar-refractivity contribution in [1.82, 2.24) is 4.90 Å². The highest BCUT2D eigenvalue weighted by atomic mass is 16.5. The van der Waals surface area contributed by atoms with Gasteiger partial charge in [0.15, 0.2) is 0 Å². The molecule has 2 aliphatic rings. The van der Waals surface area contributed by atoms with Gasteiger partial charge >= 0.3 is 5.97 Å². The zero-order valence-corrected chi connectivity index (χ0v) is 12.9. The van der Waals surface area contributed by atoms with Gasteiger partial charge in [-0.3, -0.25) is 4.79 Å². The third-order valence-corrected chi connectivity index (χ3v) is 4.78. The van der Waals surface area contributed by atoms with Crippen molar-refractivity contribution in [3.05, 3.63) is 28.8 Å². The second-order valence-electron chi connectivity index (χ2n) is 6.57. The van der Waals surface area contributed by atoms with Gasteiger partial charge in [-0.2, -0.15) is 0 Å². The minimum atomic E-state index is -0.178. The lowest BCUT2D eigenvalue weighted by molar-refractivity contribution is -0.143. The number of nitrogens with two attached hydrogens (primary N) is 1. The van der Waals surface area contributed by atoms with Crippen molar-refractivity contribution in [1.29, 1.82) is 0 Å². The number of likely N-dealkylation sites (N-methyl/N-ethyl adjacent to an activating group) is 1. The number of nitrogen functional groups attached to an aromatic ring is 1. The minimum Gasteiger partial charge on any atom is -0.466 e.